The molecule has 6 nitrogen and oxygen atoms in total. The van der Waals surface area contributed by atoms with Crippen molar-refractivity contribution in [2.45, 2.75) is 24.9 Å². The number of hydrogen-bond acceptors (Lipinski definition) is 4. The summed E-state index contributed by atoms with van der Waals surface area (Å²) in [6.45, 7) is 0. The quantitative estimate of drug-likeness (QED) is 0.602. The molecule has 2 aromatic rings. The third-order valence-electron chi connectivity index (χ3n) is 3.70. The molecule has 2 atom stereocenters. The molecule has 0 aliphatic carbocycles. The van der Waals surface area contributed by atoms with Crippen molar-refractivity contribution in [1.29, 1.82) is 0 Å². The lowest BCUT2D eigenvalue weighted by Gasteiger charge is -2.18. The van der Waals surface area contributed by atoms with E-state index in [0.29, 0.717) is 5.56 Å². The van der Waals surface area contributed by atoms with Gasteiger partial charge in [-0.3, -0.25) is 4.79 Å². The van der Waals surface area contributed by atoms with Crippen LogP contribution in [0.4, 0.5) is 4.39 Å². The first kappa shape index (κ1) is 18.4. The highest BCUT2D eigenvalue weighted by Crippen LogP contribution is 2.11. The number of rotatable bonds is 7. The smallest absolute Gasteiger partial charge is 0.326 e. The molecule has 2 aromatic carbocycles. The van der Waals surface area contributed by atoms with Crippen molar-refractivity contribution in [2.24, 2.45) is 5.73 Å². The average molecular weight is 346 g/mol. The Morgan fingerprint density at radius 2 is 1.52 bits per heavy atom. The predicted molar refractivity (Wildman–Crippen MR) is 89.5 cm³/mol. The maximum Gasteiger partial charge on any atom is 0.326 e. The molecule has 25 heavy (non-hydrogen) atoms. The van der Waals surface area contributed by atoms with Gasteiger partial charge in [0.1, 0.15) is 17.6 Å². The molecule has 0 fully saturated rings. The number of aromatic hydroxyl groups is 1. The summed E-state index contributed by atoms with van der Waals surface area (Å²) in [5.41, 5.74) is 7.16. The van der Waals surface area contributed by atoms with Gasteiger partial charge in [-0.2, -0.15) is 0 Å². The number of hydrogen-bond donors (Lipinski definition) is 4. The van der Waals surface area contributed by atoms with Crippen LogP contribution in [0.1, 0.15) is 11.1 Å². The van der Waals surface area contributed by atoms with Crippen LogP contribution in [-0.2, 0) is 22.4 Å². The van der Waals surface area contributed by atoms with E-state index < -0.39 is 29.8 Å². The number of nitrogens with one attached hydrogen (secondary N) is 1. The minimum Gasteiger partial charge on any atom is -0.508 e. The Kier molecular flexibility index (Phi) is 6.08. The molecule has 0 bridgehead atoms. The average Bonchev–Trinajstić information content (AvgIpc) is 2.58. The van der Waals surface area contributed by atoms with E-state index in [2.05, 4.69) is 5.32 Å². The Labute approximate surface area is 144 Å². The van der Waals surface area contributed by atoms with Crippen LogP contribution >= 0.6 is 0 Å². The molecule has 7 heteroatoms. The van der Waals surface area contributed by atoms with Gasteiger partial charge in [-0.25, -0.2) is 9.18 Å². The van der Waals surface area contributed by atoms with Gasteiger partial charge in [0.2, 0.25) is 5.91 Å². The fourth-order valence-electron chi connectivity index (χ4n) is 2.31. The van der Waals surface area contributed by atoms with Crippen LogP contribution in [0.15, 0.2) is 48.5 Å². The molecule has 0 aromatic heterocycles. The Morgan fingerprint density at radius 3 is 2.08 bits per heavy atom. The third-order valence-corrected chi connectivity index (χ3v) is 3.70. The van der Waals surface area contributed by atoms with Crippen molar-refractivity contribution < 1.29 is 24.2 Å². The summed E-state index contributed by atoms with van der Waals surface area (Å²) >= 11 is 0. The van der Waals surface area contributed by atoms with Gasteiger partial charge in [0.15, 0.2) is 0 Å². The van der Waals surface area contributed by atoms with Gasteiger partial charge in [0.25, 0.3) is 0 Å². The summed E-state index contributed by atoms with van der Waals surface area (Å²) in [7, 11) is 0. The highest BCUT2D eigenvalue weighted by molar-refractivity contribution is 5.87. The lowest BCUT2D eigenvalue weighted by atomic mass is 10.0. The molecule has 1 unspecified atom stereocenters. The van der Waals surface area contributed by atoms with Crippen LogP contribution in [-0.4, -0.2) is 34.2 Å². The highest BCUT2D eigenvalue weighted by Gasteiger charge is 2.23. The van der Waals surface area contributed by atoms with Crippen molar-refractivity contribution in [3.05, 3.63) is 65.5 Å². The molecular formula is C18H19FN2O4. The minimum atomic E-state index is -1.20. The summed E-state index contributed by atoms with van der Waals surface area (Å²) in [5.74, 6) is -2.11. The molecule has 0 aliphatic rings. The number of carbonyl (C=O) groups is 2. The molecule has 2 rings (SSSR count). The topological polar surface area (TPSA) is 113 Å². The fraction of sp³-hybridized carbons (Fsp3) is 0.222. The van der Waals surface area contributed by atoms with E-state index >= 15 is 0 Å². The lowest BCUT2D eigenvalue weighted by Crippen LogP contribution is -2.50. The van der Waals surface area contributed by atoms with Crippen LogP contribution in [0.25, 0.3) is 0 Å². The van der Waals surface area contributed by atoms with E-state index in [4.69, 9.17) is 5.73 Å². The van der Waals surface area contributed by atoms with Gasteiger partial charge in [-0.1, -0.05) is 24.3 Å². The van der Waals surface area contributed by atoms with E-state index in [-0.39, 0.29) is 18.6 Å². The molecule has 0 saturated carbocycles. The number of phenolic OH excluding ortho intramolecular Hbond substituents is 1. The van der Waals surface area contributed by atoms with Crippen LogP contribution in [0.2, 0.25) is 0 Å². The van der Waals surface area contributed by atoms with Gasteiger partial charge in [0, 0.05) is 6.42 Å². The Hall–Kier alpha value is -2.93. The van der Waals surface area contributed by atoms with Crippen LogP contribution in [0.5, 0.6) is 5.75 Å². The first-order valence-corrected chi connectivity index (χ1v) is 7.66. The van der Waals surface area contributed by atoms with Crippen molar-refractivity contribution in [1.82, 2.24) is 5.32 Å². The number of aliphatic carboxylic acids is 1. The number of amides is 1. The summed E-state index contributed by atoms with van der Waals surface area (Å²) in [6.07, 6.45) is 0.224. The zero-order chi connectivity index (χ0) is 18.4. The van der Waals surface area contributed by atoms with Crippen molar-refractivity contribution in [2.75, 3.05) is 0 Å². The molecule has 0 radical (unpaired) electrons. The summed E-state index contributed by atoms with van der Waals surface area (Å²) in [4.78, 5) is 23.5. The highest BCUT2D eigenvalue weighted by atomic mass is 19.1. The molecule has 1 amide bonds. The first-order chi connectivity index (χ1) is 11.8. The summed E-state index contributed by atoms with van der Waals surface area (Å²) in [6, 6.07) is 9.53. The summed E-state index contributed by atoms with van der Waals surface area (Å²) in [5, 5.41) is 20.9. The normalized spacial score (nSPS) is 13.0. The number of carbonyl (C=O) groups excluding carboxylic acids is 1. The van der Waals surface area contributed by atoms with E-state index in [0.717, 1.165) is 5.56 Å². The SMILES string of the molecule is NC(Cc1ccc(O)cc1)C(=O)N[C@@H](Cc1ccc(F)cc1)C(=O)O. The number of carboxylic acids is 1. The van der Waals surface area contributed by atoms with Crippen molar-refractivity contribution >= 4 is 11.9 Å². The maximum absolute atomic E-state index is 12.9. The number of carboxylic acid groups (broad SMARTS) is 1. The number of nitrogens with two attached hydrogens (primary N) is 1. The molecule has 0 aliphatic heterocycles. The van der Waals surface area contributed by atoms with Gasteiger partial charge < -0.3 is 21.3 Å². The van der Waals surface area contributed by atoms with Gasteiger partial charge in [-0.15, -0.1) is 0 Å². The zero-order valence-electron chi connectivity index (χ0n) is 13.4. The van der Waals surface area contributed by atoms with Crippen LogP contribution < -0.4 is 11.1 Å². The van der Waals surface area contributed by atoms with E-state index in [9.17, 15) is 24.2 Å². The number of halogens is 1. The number of phenols is 1. The van der Waals surface area contributed by atoms with Crippen LogP contribution in [0, 0.1) is 5.82 Å². The minimum absolute atomic E-state index is 0.0211. The Balaban J connectivity index is 1.97. The monoisotopic (exact) mass is 346 g/mol. The van der Waals surface area contributed by atoms with Crippen molar-refractivity contribution in [3.63, 3.8) is 0 Å². The van der Waals surface area contributed by atoms with E-state index in [1.54, 1.807) is 12.1 Å². The second-order valence-corrected chi connectivity index (χ2v) is 5.71. The molecule has 132 valence electrons. The standard InChI is InChI=1S/C18H19FN2O4/c19-13-5-1-12(2-6-13)10-16(18(24)25)21-17(23)15(20)9-11-3-7-14(22)8-4-11/h1-8,15-16,22H,9-10,20H2,(H,21,23)(H,24,25)/t15?,16-/m0/s1. The molecule has 0 saturated heterocycles. The third kappa shape index (κ3) is 5.58. The maximum atomic E-state index is 12.9. The lowest BCUT2D eigenvalue weighted by molar-refractivity contribution is -0.141. The second-order valence-electron chi connectivity index (χ2n) is 5.71. The predicted octanol–water partition coefficient (Wildman–Crippen LogP) is 1.21. The molecule has 5 N–H and O–H groups in total. The summed E-state index contributed by atoms with van der Waals surface area (Å²) < 4.78 is 12.9. The van der Waals surface area contributed by atoms with Gasteiger partial charge in [-0.05, 0) is 41.8 Å². The largest absolute Gasteiger partial charge is 0.508 e. The van der Waals surface area contributed by atoms with Crippen LogP contribution in [0.3, 0.4) is 0 Å². The van der Waals surface area contributed by atoms with Gasteiger partial charge in [0.05, 0.1) is 6.04 Å². The van der Waals surface area contributed by atoms with E-state index in [1.165, 1.54) is 36.4 Å². The second kappa shape index (κ2) is 8.25. The Bertz CT molecular complexity index is 732. The Morgan fingerprint density at radius 1 is 1.00 bits per heavy atom. The number of benzene rings is 2. The first-order valence-electron chi connectivity index (χ1n) is 7.66. The van der Waals surface area contributed by atoms with E-state index in [1.807, 2.05) is 0 Å². The zero-order valence-corrected chi connectivity index (χ0v) is 13.4. The van der Waals surface area contributed by atoms with Crippen molar-refractivity contribution in [3.8, 4) is 5.75 Å². The fourth-order valence-corrected chi connectivity index (χ4v) is 2.31. The molecule has 0 heterocycles. The molecule has 0 spiro atoms. The molecular weight excluding hydrogens is 327 g/mol. The van der Waals surface area contributed by atoms with Gasteiger partial charge >= 0.3 is 5.97 Å².